The first kappa shape index (κ1) is 17.1. The highest BCUT2D eigenvalue weighted by Gasteiger charge is 2.10. The van der Waals surface area contributed by atoms with Crippen LogP contribution in [-0.2, 0) is 6.54 Å². The van der Waals surface area contributed by atoms with Crippen LogP contribution < -0.4 is 14.8 Å². The summed E-state index contributed by atoms with van der Waals surface area (Å²) in [7, 11) is 1.64. The molecule has 0 saturated carbocycles. The molecule has 1 atom stereocenters. The van der Waals surface area contributed by atoms with Crippen molar-refractivity contribution in [1.82, 2.24) is 9.55 Å². The third-order valence-corrected chi connectivity index (χ3v) is 3.85. The van der Waals surface area contributed by atoms with Gasteiger partial charge in [0.05, 0.1) is 30.8 Å². The molecule has 6 heteroatoms. The number of anilines is 1. The summed E-state index contributed by atoms with van der Waals surface area (Å²) in [4.78, 5) is 4.60. The molecule has 25 heavy (non-hydrogen) atoms. The predicted octanol–water partition coefficient (Wildman–Crippen LogP) is 2.92. The van der Waals surface area contributed by atoms with E-state index in [1.807, 2.05) is 48.5 Å². The summed E-state index contributed by atoms with van der Waals surface area (Å²) in [5, 5.41) is 12.7. The van der Waals surface area contributed by atoms with Crippen LogP contribution in [0.15, 0.2) is 48.5 Å². The Morgan fingerprint density at radius 2 is 1.84 bits per heavy atom. The third kappa shape index (κ3) is 4.22. The van der Waals surface area contributed by atoms with Gasteiger partial charge in [-0.15, -0.1) is 0 Å². The Hall–Kier alpha value is -2.73. The second-order valence-corrected chi connectivity index (χ2v) is 5.83. The number of benzene rings is 2. The number of hydrogen-bond donors (Lipinski definition) is 2. The summed E-state index contributed by atoms with van der Waals surface area (Å²) in [6.07, 6.45) is -0.441. The van der Waals surface area contributed by atoms with E-state index >= 15 is 0 Å². The molecule has 0 spiro atoms. The van der Waals surface area contributed by atoms with Gasteiger partial charge in [0.25, 0.3) is 0 Å². The number of fused-ring (bicyclic) bond motifs is 1. The monoisotopic (exact) mass is 341 g/mol. The maximum atomic E-state index is 9.51. The third-order valence-electron chi connectivity index (χ3n) is 3.85. The quantitative estimate of drug-likeness (QED) is 0.659. The van der Waals surface area contributed by atoms with E-state index in [-0.39, 0.29) is 0 Å². The molecular formula is C19H23N3O3. The molecule has 0 aliphatic carbocycles. The van der Waals surface area contributed by atoms with Crippen LogP contribution in [0.1, 0.15) is 6.92 Å². The number of para-hydroxylation sites is 2. The van der Waals surface area contributed by atoms with Crippen LogP contribution in [0, 0.1) is 0 Å². The van der Waals surface area contributed by atoms with Gasteiger partial charge in [-0.2, -0.15) is 0 Å². The van der Waals surface area contributed by atoms with E-state index in [0.29, 0.717) is 19.7 Å². The SMILES string of the molecule is COc1ccc(OCCn2c(NC[C@H](C)O)nc3ccccc32)cc1. The number of nitrogens with zero attached hydrogens (tertiary/aromatic N) is 2. The topological polar surface area (TPSA) is 68.5 Å². The second kappa shape index (κ2) is 7.90. The zero-order chi connectivity index (χ0) is 17.6. The standard InChI is InChI=1S/C19H23N3O3/c1-14(23)13-20-19-21-17-5-3-4-6-18(17)22(19)11-12-25-16-9-7-15(24-2)8-10-16/h3-10,14,23H,11-13H2,1-2H3,(H,20,21)/t14-/m0/s1. The van der Waals surface area contributed by atoms with Gasteiger partial charge in [-0.1, -0.05) is 12.1 Å². The highest BCUT2D eigenvalue weighted by atomic mass is 16.5. The number of rotatable bonds is 8. The van der Waals surface area contributed by atoms with Crippen LogP contribution in [0.3, 0.4) is 0 Å². The molecule has 0 amide bonds. The number of imidazole rings is 1. The first-order valence-corrected chi connectivity index (χ1v) is 8.31. The molecule has 2 N–H and O–H groups in total. The molecule has 1 heterocycles. The van der Waals surface area contributed by atoms with E-state index in [4.69, 9.17) is 9.47 Å². The van der Waals surface area contributed by atoms with Gasteiger partial charge in [0.2, 0.25) is 5.95 Å². The highest BCUT2D eigenvalue weighted by molar-refractivity contribution is 5.78. The summed E-state index contributed by atoms with van der Waals surface area (Å²) < 4.78 is 13.0. The van der Waals surface area contributed by atoms with E-state index in [1.54, 1.807) is 14.0 Å². The average Bonchev–Trinajstić information content (AvgIpc) is 2.98. The van der Waals surface area contributed by atoms with Crippen LogP contribution in [0.2, 0.25) is 0 Å². The van der Waals surface area contributed by atoms with Crippen LogP contribution in [0.5, 0.6) is 11.5 Å². The molecular weight excluding hydrogens is 318 g/mol. The summed E-state index contributed by atoms with van der Waals surface area (Å²) in [6, 6.07) is 15.5. The summed E-state index contributed by atoms with van der Waals surface area (Å²) >= 11 is 0. The van der Waals surface area contributed by atoms with Gasteiger partial charge in [-0.3, -0.25) is 0 Å². The van der Waals surface area contributed by atoms with E-state index in [0.717, 1.165) is 28.5 Å². The molecule has 132 valence electrons. The second-order valence-electron chi connectivity index (χ2n) is 5.83. The Balaban J connectivity index is 1.71. The molecule has 3 rings (SSSR count). The first-order valence-electron chi connectivity index (χ1n) is 8.31. The Morgan fingerprint density at radius 3 is 2.56 bits per heavy atom. The molecule has 0 aliphatic heterocycles. The molecule has 0 aliphatic rings. The van der Waals surface area contributed by atoms with Gasteiger partial charge in [0, 0.05) is 6.54 Å². The minimum absolute atomic E-state index is 0.441. The summed E-state index contributed by atoms with van der Waals surface area (Å²) in [5.74, 6) is 2.33. The van der Waals surface area contributed by atoms with Crippen LogP contribution in [0.25, 0.3) is 11.0 Å². The Morgan fingerprint density at radius 1 is 1.12 bits per heavy atom. The van der Waals surface area contributed by atoms with E-state index in [2.05, 4.69) is 14.9 Å². The number of hydrogen-bond acceptors (Lipinski definition) is 5. The molecule has 0 saturated heterocycles. The molecule has 1 aromatic heterocycles. The lowest BCUT2D eigenvalue weighted by Gasteiger charge is -2.13. The molecule has 0 unspecified atom stereocenters. The van der Waals surface area contributed by atoms with Gasteiger partial charge in [-0.25, -0.2) is 4.98 Å². The fraction of sp³-hybridized carbons (Fsp3) is 0.316. The Kier molecular flexibility index (Phi) is 5.40. The van der Waals surface area contributed by atoms with Gasteiger partial charge >= 0.3 is 0 Å². The molecule has 0 radical (unpaired) electrons. The normalized spacial score (nSPS) is 12.1. The number of methoxy groups -OCH3 is 1. The lowest BCUT2D eigenvalue weighted by molar-refractivity contribution is 0.208. The molecule has 2 aromatic carbocycles. The predicted molar refractivity (Wildman–Crippen MR) is 98.4 cm³/mol. The maximum absolute atomic E-state index is 9.51. The number of aliphatic hydroxyl groups excluding tert-OH is 1. The minimum Gasteiger partial charge on any atom is -0.497 e. The number of nitrogens with one attached hydrogen (secondary N) is 1. The number of ether oxygens (including phenoxy) is 2. The largest absolute Gasteiger partial charge is 0.497 e. The van der Waals surface area contributed by atoms with Crippen LogP contribution in [0.4, 0.5) is 5.95 Å². The van der Waals surface area contributed by atoms with Gasteiger partial charge in [0.1, 0.15) is 18.1 Å². The van der Waals surface area contributed by atoms with Gasteiger partial charge < -0.3 is 24.5 Å². The minimum atomic E-state index is -0.441. The Bertz CT molecular complexity index is 812. The fourth-order valence-electron chi connectivity index (χ4n) is 2.60. The van der Waals surface area contributed by atoms with Crippen molar-refractivity contribution < 1.29 is 14.6 Å². The van der Waals surface area contributed by atoms with Crippen molar-refractivity contribution in [3.8, 4) is 11.5 Å². The molecule has 0 bridgehead atoms. The van der Waals surface area contributed by atoms with Crippen molar-refractivity contribution in [1.29, 1.82) is 0 Å². The fourth-order valence-corrected chi connectivity index (χ4v) is 2.60. The molecule has 3 aromatic rings. The summed E-state index contributed by atoms with van der Waals surface area (Å²) in [5.41, 5.74) is 1.95. The van der Waals surface area contributed by atoms with Crippen molar-refractivity contribution >= 4 is 17.0 Å². The van der Waals surface area contributed by atoms with Crippen LogP contribution >= 0.6 is 0 Å². The zero-order valence-electron chi connectivity index (χ0n) is 14.5. The van der Waals surface area contributed by atoms with Crippen molar-refractivity contribution in [3.63, 3.8) is 0 Å². The van der Waals surface area contributed by atoms with E-state index < -0.39 is 6.10 Å². The smallest absolute Gasteiger partial charge is 0.204 e. The summed E-state index contributed by atoms with van der Waals surface area (Å²) in [6.45, 7) is 3.35. The van der Waals surface area contributed by atoms with Crippen molar-refractivity contribution in [2.45, 2.75) is 19.6 Å². The van der Waals surface area contributed by atoms with Crippen molar-refractivity contribution in [2.75, 3.05) is 25.6 Å². The number of aliphatic hydroxyl groups is 1. The molecule has 6 nitrogen and oxygen atoms in total. The van der Waals surface area contributed by atoms with E-state index in [1.165, 1.54) is 0 Å². The van der Waals surface area contributed by atoms with Crippen molar-refractivity contribution in [3.05, 3.63) is 48.5 Å². The van der Waals surface area contributed by atoms with Gasteiger partial charge in [-0.05, 0) is 43.3 Å². The number of aromatic nitrogens is 2. The van der Waals surface area contributed by atoms with Crippen molar-refractivity contribution in [2.24, 2.45) is 0 Å². The lowest BCUT2D eigenvalue weighted by Crippen LogP contribution is -2.19. The molecule has 0 fully saturated rings. The highest BCUT2D eigenvalue weighted by Crippen LogP contribution is 2.20. The zero-order valence-corrected chi connectivity index (χ0v) is 14.5. The van der Waals surface area contributed by atoms with Gasteiger partial charge in [0.15, 0.2) is 0 Å². The Labute approximate surface area is 147 Å². The van der Waals surface area contributed by atoms with Crippen LogP contribution in [-0.4, -0.2) is 41.0 Å². The first-order chi connectivity index (χ1) is 12.2. The maximum Gasteiger partial charge on any atom is 0.204 e. The average molecular weight is 341 g/mol. The van der Waals surface area contributed by atoms with E-state index in [9.17, 15) is 5.11 Å². The lowest BCUT2D eigenvalue weighted by atomic mass is 10.3.